The van der Waals surface area contributed by atoms with E-state index < -0.39 is 0 Å². The number of benzene rings is 1. The molecule has 0 aliphatic carbocycles. The van der Waals surface area contributed by atoms with Crippen molar-refractivity contribution in [3.05, 3.63) is 59.5 Å². The number of hydrogen-bond acceptors (Lipinski definition) is 2. The zero-order valence-electron chi connectivity index (χ0n) is 14.5. The molecule has 0 bridgehead atoms. The number of rotatable bonds is 6. The quantitative estimate of drug-likeness (QED) is 0.635. The fourth-order valence-corrected chi connectivity index (χ4v) is 2.45. The zero-order chi connectivity index (χ0) is 16.7. The lowest BCUT2D eigenvalue weighted by Gasteiger charge is -2.27. The van der Waals surface area contributed by atoms with Gasteiger partial charge in [0.15, 0.2) is 5.96 Å². The van der Waals surface area contributed by atoms with E-state index in [1.165, 1.54) is 11.1 Å². The van der Waals surface area contributed by atoms with Gasteiger partial charge in [-0.2, -0.15) is 0 Å². The average Bonchev–Trinajstić information content (AvgIpc) is 3.04. The van der Waals surface area contributed by atoms with Crippen molar-refractivity contribution in [3.63, 3.8) is 0 Å². The van der Waals surface area contributed by atoms with Gasteiger partial charge in [0.25, 0.3) is 0 Å². The summed E-state index contributed by atoms with van der Waals surface area (Å²) in [4.78, 5) is 4.28. The van der Waals surface area contributed by atoms with E-state index in [2.05, 4.69) is 60.7 Å². The van der Waals surface area contributed by atoms with Gasteiger partial charge in [0.2, 0.25) is 0 Å². The third-order valence-electron chi connectivity index (χ3n) is 3.96. The van der Waals surface area contributed by atoms with Crippen molar-refractivity contribution in [2.45, 2.75) is 32.6 Å². The molecule has 0 radical (unpaired) electrons. The minimum Gasteiger partial charge on any atom is -0.469 e. The summed E-state index contributed by atoms with van der Waals surface area (Å²) in [6.45, 7) is 8.22. The summed E-state index contributed by atoms with van der Waals surface area (Å²) in [5, 5.41) is 6.74. The predicted octanol–water partition coefficient (Wildman–Crippen LogP) is 3.27. The van der Waals surface area contributed by atoms with E-state index in [1.807, 2.05) is 12.1 Å². The van der Waals surface area contributed by atoms with Gasteiger partial charge in [-0.3, -0.25) is 4.99 Å². The molecule has 2 aromatic rings. The highest BCUT2D eigenvalue weighted by atomic mass is 16.3. The maximum atomic E-state index is 5.33. The number of aryl methyl sites for hydroxylation is 1. The second-order valence-corrected chi connectivity index (χ2v) is 6.44. The number of guanidine groups is 1. The standard InChI is InChI=1S/C19H27N3O/c1-15-7-5-8-16(13-15)19(2,3)14-22-18(20-4)21-11-10-17-9-6-12-23-17/h5-9,12-13H,10-11,14H2,1-4H3,(H2,20,21,22). The fourth-order valence-electron chi connectivity index (χ4n) is 2.45. The van der Waals surface area contributed by atoms with Crippen LogP contribution in [0.15, 0.2) is 52.1 Å². The van der Waals surface area contributed by atoms with Crippen LogP contribution in [0.4, 0.5) is 0 Å². The minimum absolute atomic E-state index is 0.0324. The highest BCUT2D eigenvalue weighted by Gasteiger charge is 2.20. The van der Waals surface area contributed by atoms with Gasteiger partial charge in [-0.1, -0.05) is 43.7 Å². The van der Waals surface area contributed by atoms with Gasteiger partial charge in [-0.05, 0) is 24.6 Å². The van der Waals surface area contributed by atoms with Gasteiger partial charge in [0.05, 0.1) is 6.26 Å². The average molecular weight is 313 g/mol. The minimum atomic E-state index is 0.0324. The molecule has 2 N–H and O–H groups in total. The van der Waals surface area contributed by atoms with Gasteiger partial charge in [0.1, 0.15) is 5.76 Å². The van der Waals surface area contributed by atoms with Crippen LogP contribution in [0.5, 0.6) is 0 Å². The van der Waals surface area contributed by atoms with Crippen LogP contribution in [-0.2, 0) is 11.8 Å². The van der Waals surface area contributed by atoms with Gasteiger partial charge < -0.3 is 15.1 Å². The molecule has 0 aliphatic rings. The first kappa shape index (κ1) is 17.1. The maximum absolute atomic E-state index is 5.33. The van der Waals surface area contributed by atoms with Crippen LogP contribution >= 0.6 is 0 Å². The van der Waals surface area contributed by atoms with Crippen LogP contribution in [0.25, 0.3) is 0 Å². The SMILES string of the molecule is CN=C(NCCc1ccco1)NCC(C)(C)c1cccc(C)c1. The molecular formula is C19H27N3O. The molecule has 1 heterocycles. The molecule has 0 atom stereocenters. The van der Waals surface area contributed by atoms with Crippen molar-refractivity contribution < 1.29 is 4.42 Å². The molecule has 23 heavy (non-hydrogen) atoms. The van der Waals surface area contributed by atoms with Gasteiger partial charge in [-0.15, -0.1) is 0 Å². The molecule has 1 aromatic heterocycles. The first-order chi connectivity index (χ1) is 11.0. The Bertz CT molecular complexity index is 630. The van der Waals surface area contributed by atoms with E-state index in [0.717, 1.165) is 31.2 Å². The fraction of sp³-hybridized carbons (Fsp3) is 0.421. The molecule has 4 nitrogen and oxygen atoms in total. The highest BCUT2D eigenvalue weighted by Crippen LogP contribution is 2.22. The molecule has 0 amide bonds. The Morgan fingerprint density at radius 2 is 2.00 bits per heavy atom. The monoisotopic (exact) mass is 313 g/mol. The van der Waals surface area contributed by atoms with Crippen LogP contribution in [0.3, 0.4) is 0 Å². The summed E-state index contributed by atoms with van der Waals surface area (Å²) in [5.74, 6) is 1.80. The van der Waals surface area contributed by atoms with Gasteiger partial charge in [0, 0.05) is 32.0 Å². The summed E-state index contributed by atoms with van der Waals surface area (Å²) in [6.07, 6.45) is 2.54. The van der Waals surface area contributed by atoms with Crippen molar-refractivity contribution >= 4 is 5.96 Å². The van der Waals surface area contributed by atoms with E-state index in [1.54, 1.807) is 13.3 Å². The van der Waals surface area contributed by atoms with Gasteiger partial charge >= 0.3 is 0 Å². The number of nitrogens with zero attached hydrogens (tertiary/aromatic N) is 1. The summed E-state index contributed by atoms with van der Waals surface area (Å²) >= 11 is 0. The molecule has 0 saturated heterocycles. The molecule has 0 saturated carbocycles. The zero-order valence-corrected chi connectivity index (χ0v) is 14.5. The normalized spacial score (nSPS) is 12.3. The topological polar surface area (TPSA) is 49.6 Å². The molecule has 0 fully saturated rings. The molecule has 2 rings (SSSR count). The lowest BCUT2D eigenvalue weighted by molar-refractivity contribution is 0.499. The Kier molecular flexibility index (Phi) is 5.85. The first-order valence-electron chi connectivity index (χ1n) is 8.05. The molecule has 0 unspecified atom stereocenters. The number of hydrogen-bond donors (Lipinski definition) is 2. The molecule has 0 aliphatic heterocycles. The Balaban J connectivity index is 1.84. The Hall–Kier alpha value is -2.23. The van der Waals surface area contributed by atoms with Crippen LogP contribution in [0.1, 0.15) is 30.7 Å². The summed E-state index contributed by atoms with van der Waals surface area (Å²) in [6, 6.07) is 12.6. The van der Waals surface area contributed by atoms with Crippen LogP contribution in [-0.4, -0.2) is 26.1 Å². The molecular weight excluding hydrogens is 286 g/mol. The molecule has 124 valence electrons. The first-order valence-corrected chi connectivity index (χ1v) is 8.05. The van der Waals surface area contributed by atoms with E-state index >= 15 is 0 Å². The predicted molar refractivity (Wildman–Crippen MR) is 96.0 cm³/mol. The summed E-state index contributed by atoms with van der Waals surface area (Å²) in [5.41, 5.74) is 2.65. The second kappa shape index (κ2) is 7.86. The third kappa shape index (κ3) is 5.16. The van der Waals surface area contributed by atoms with Crippen molar-refractivity contribution in [3.8, 4) is 0 Å². The van der Waals surface area contributed by atoms with Crippen LogP contribution in [0, 0.1) is 6.92 Å². The summed E-state index contributed by atoms with van der Waals surface area (Å²) < 4.78 is 5.33. The number of aliphatic imine (C=N–C) groups is 1. The smallest absolute Gasteiger partial charge is 0.191 e. The van der Waals surface area contributed by atoms with E-state index in [0.29, 0.717) is 0 Å². The van der Waals surface area contributed by atoms with Gasteiger partial charge in [-0.25, -0.2) is 0 Å². The third-order valence-corrected chi connectivity index (χ3v) is 3.96. The van der Waals surface area contributed by atoms with Crippen LogP contribution < -0.4 is 10.6 Å². The highest BCUT2D eigenvalue weighted by molar-refractivity contribution is 5.79. The van der Waals surface area contributed by atoms with E-state index in [9.17, 15) is 0 Å². The van der Waals surface area contributed by atoms with E-state index in [-0.39, 0.29) is 5.41 Å². The largest absolute Gasteiger partial charge is 0.469 e. The molecule has 1 aromatic carbocycles. The van der Waals surface area contributed by atoms with Crippen molar-refractivity contribution in [1.29, 1.82) is 0 Å². The Morgan fingerprint density at radius 1 is 1.17 bits per heavy atom. The summed E-state index contributed by atoms with van der Waals surface area (Å²) in [7, 11) is 1.79. The Labute approximate surface area is 139 Å². The number of nitrogens with one attached hydrogen (secondary N) is 2. The lowest BCUT2D eigenvalue weighted by atomic mass is 9.84. The molecule has 0 spiro atoms. The maximum Gasteiger partial charge on any atom is 0.191 e. The second-order valence-electron chi connectivity index (χ2n) is 6.44. The van der Waals surface area contributed by atoms with E-state index in [4.69, 9.17) is 4.42 Å². The van der Waals surface area contributed by atoms with Crippen molar-refractivity contribution in [2.24, 2.45) is 4.99 Å². The van der Waals surface area contributed by atoms with Crippen molar-refractivity contribution in [2.75, 3.05) is 20.1 Å². The Morgan fingerprint density at radius 3 is 2.65 bits per heavy atom. The van der Waals surface area contributed by atoms with Crippen LogP contribution in [0.2, 0.25) is 0 Å². The molecule has 4 heteroatoms. The van der Waals surface area contributed by atoms with Crippen molar-refractivity contribution in [1.82, 2.24) is 10.6 Å². The number of furan rings is 1. The lowest BCUT2D eigenvalue weighted by Crippen LogP contribution is -2.44.